The summed E-state index contributed by atoms with van der Waals surface area (Å²) < 4.78 is 12.2. The molecule has 3 rings (SSSR count). The van der Waals surface area contributed by atoms with Crippen LogP contribution in [0.25, 0.3) is 0 Å². The lowest BCUT2D eigenvalue weighted by molar-refractivity contribution is 0.0955. The molecule has 0 aliphatic rings. The molecule has 0 aromatic heterocycles. The molecule has 0 spiro atoms. The van der Waals surface area contributed by atoms with Crippen LogP contribution in [0.1, 0.15) is 21.5 Å². The summed E-state index contributed by atoms with van der Waals surface area (Å²) >= 11 is 2.16. The first-order valence-electron chi connectivity index (χ1n) is 8.59. The Morgan fingerprint density at radius 3 is 2.61 bits per heavy atom. The van der Waals surface area contributed by atoms with Crippen LogP contribution in [0.4, 0.5) is 0 Å². The topological polar surface area (TPSA) is 59.9 Å². The molecule has 3 aromatic rings. The number of hydrogen-bond acceptors (Lipinski definition) is 4. The average Bonchev–Trinajstić information content (AvgIpc) is 2.73. The third kappa shape index (κ3) is 5.56. The molecule has 142 valence electrons. The molecule has 0 saturated carbocycles. The number of benzene rings is 3. The Morgan fingerprint density at radius 1 is 1.04 bits per heavy atom. The van der Waals surface area contributed by atoms with E-state index in [9.17, 15) is 4.79 Å². The molecule has 28 heavy (non-hydrogen) atoms. The fourth-order valence-electron chi connectivity index (χ4n) is 2.48. The Labute approximate surface area is 177 Å². The van der Waals surface area contributed by atoms with Crippen molar-refractivity contribution in [2.45, 2.75) is 6.61 Å². The van der Waals surface area contributed by atoms with E-state index in [2.05, 4.69) is 33.1 Å². The van der Waals surface area contributed by atoms with Crippen LogP contribution in [0.3, 0.4) is 0 Å². The quantitative estimate of drug-likeness (QED) is 0.301. The molecule has 3 aromatic carbocycles. The number of ether oxygens (including phenoxy) is 2. The lowest BCUT2D eigenvalue weighted by Gasteiger charge is -2.11. The Morgan fingerprint density at radius 2 is 1.86 bits per heavy atom. The molecule has 0 radical (unpaired) electrons. The Balaban J connectivity index is 1.66. The second kappa shape index (κ2) is 9.89. The molecule has 6 heteroatoms. The van der Waals surface area contributed by atoms with Gasteiger partial charge in [-0.25, -0.2) is 5.43 Å². The van der Waals surface area contributed by atoms with Gasteiger partial charge in [0.1, 0.15) is 6.61 Å². The van der Waals surface area contributed by atoms with E-state index in [-0.39, 0.29) is 5.91 Å². The lowest BCUT2D eigenvalue weighted by Crippen LogP contribution is -2.17. The van der Waals surface area contributed by atoms with Gasteiger partial charge in [-0.15, -0.1) is 0 Å². The molecular weight excluding hydrogens is 467 g/mol. The van der Waals surface area contributed by atoms with Crippen LogP contribution in [-0.2, 0) is 6.61 Å². The molecule has 0 fully saturated rings. The zero-order valence-corrected chi connectivity index (χ0v) is 17.4. The molecule has 1 amide bonds. The van der Waals surface area contributed by atoms with Crippen molar-refractivity contribution in [1.82, 2.24) is 5.43 Å². The number of methoxy groups -OCH3 is 1. The maximum atomic E-state index is 12.1. The van der Waals surface area contributed by atoms with Crippen LogP contribution in [-0.4, -0.2) is 19.2 Å². The number of amides is 1. The van der Waals surface area contributed by atoms with Gasteiger partial charge in [-0.2, -0.15) is 5.10 Å². The summed E-state index contributed by atoms with van der Waals surface area (Å²) in [6, 6.07) is 22.7. The molecule has 0 atom stereocenters. The van der Waals surface area contributed by atoms with Crippen LogP contribution in [0.2, 0.25) is 0 Å². The largest absolute Gasteiger partial charge is 0.493 e. The summed E-state index contributed by atoms with van der Waals surface area (Å²) in [4.78, 5) is 12.1. The summed E-state index contributed by atoms with van der Waals surface area (Å²) in [5.41, 5.74) is 4.94. The van der Waals surface area contributed by atoms with E-state index in [1.54, 1.807) is 25.5 Å². The first-order valence-corrected chi connectivity index (χ1v) is 9.67. The highest BCUT2D eigenvalue weighted by Crippen LogP contribution is 2.28. The summed E-state index contributed by atoms with van der Waals surface area (Å²) in [7, 11) is 1.60. The highest BCUT2D eigenvalue weighted by atomic mass is 127. The number of nitrogens with zero attached hydrogens (tertiary/aromatic N) is 1. The second-order valence-corrected chi connectivity index (χ2v) is 7.14. The standard InChI is InChI=1S/C22H19IN2O3/c1-27-20-11-10-17(12-21(20)28-15-16-6-3-2-4-7-16)14-24-25-22(26)18-8-5-9-19(23)13-18/h2-14H,15H2,1H3,(H,25,26)/b24-14-. The third-order valence-electron chi connectivity index (χ3n) is 3.89. The molecule has 0 saturated heterocycles. The lowest BCUT2D eigenvalue weighted by atomic mass is 10.2. The highest BCUT2D eigenvalue weighted by Gasteiger charge is 2.07. The van der Waals surface area contributed by atoms with Crippen molar-refractivity contribution in [3.05, 3.63) is 93.1 Å². The minimum absolute atomic E-state index is 0.260. The number of carbonyl (C=O) groups excluding carboxylic acids is 1. The highest BCUT2D eigenvalue weighted by molar-refractivity contribution is 14.1. The molecular formula is C22H19IN2O3. The minimum atomic E-state index is -0.260. The maximum absolute atomic E-state index is 12.1. The van der Waals surface area contributed by atoms with Crippen LogP contribution in [0, 0.1) is 3.57 Å². The fraction of sp³-hybridized carbons (Fsp3) is 0.0909. The van der Waals surface area contributed by atoms with Crippen LogP contribution >= 0.6 is 22.6 Å². The average molecular weight is 486 g/mol. The van der Waals surface area contributed by atoms with Crippen molar-refractivity contribution >= 4 is 34.7 Å². The third-order valence-corrected chi connectivity index (χ3v) is 4.56. The van der Waals surface area contributed by atoms with Crippen molar-refractivity contribution < 1.29 is 14.3 Å². The van der Waals surface area contributed by atoms with Gasteiger partial charge < -0.3 is 9.47 Å². The predicted octanol–water partition coefficient (Wildman–Crippen LogP) is 4.64. The van der Waals surface area contributed by atoms with E-state index in [1.165, 1.54) is 0 Å². The van der Waals surface area contributed by atoms with Crippen molar-refractivity contribution in [1.29, 1.82) is 0 Å². The predicted molar refractivity (Wildman–Crippen MR) is 118 cm³/mol. The van der Waals surface area contributed by atoms with E-state index in [0.717, 1.165) is 14.7 Å². The SMILES string of the molecule is COc1ccc(/C=N\NC(=O)c2cccc(I)c2)cc1OCc1ccccc1. The van der Waals surface area contributed by atoms with Gasteiger partial charge in [0.2, 0.25) is 0 Å². The van der Waals surface area contributed by atoms with Gasteiger partial charge in [-0.3, -0.25) is 4.79 Å². The number of hydrogen-bond donors (Lipinski definition) is 1. The number of carbonyl (C=O) groups is 1. The van der Waals surface area contributed by atoms with E-state index < -0.39 is 0 Å². The van der Waals surface area contributed by atoms with E-state index in [1.807, 2.05) is 60.7 Å². The minimum Gasteiger partial charge on any atom is -0.493 e. The summed E-state index contributed by atoms with van der Waals surface area (Å²) in [6.07, 6.45) is 1.57. The number of nitrogens with one attached hydrogen (secondary N) is 1. The molecule has 0 aliphatic heterocycles. The van der Waals surface area contributed by atoms with Crippen LogP contribution in [0.5, 0.6) is 11.5 Å². The molecule has 1 N–H and O–H groups in total. The Kier molecular flexibility index (Phi) is 7.02. The monoisotopic (exact) mass is 486 g/mol. The number of rotatable bonds is 7. The fourth-order valence-corrected chi connectivity index (χ4v) is 3.02. The Hall–Kier alpha value is -2.87. The van der Waals surface area contributed by atoms with Crippen LogP contribution in [0.15, 0.2) is 77.9 Å². The number of hydrazone groups is 1. The molecule has 5 nitrogen and oxygen atoms in total. The van der Waals surface area contributed by atoms with Gasteiger partial charge >= 0.3 is 0 Å². The van der Waals surface area contributed by atoms with Crippen molar-refractivity contribution in [3.63, 3.8) is 0 Å². The zero-order chi connectivity index (χ0) is 19.8. The van der Waals surface area contributed by atoms with Gasteiger partial charge in [-0.1, -0.05) is 36.4 Å². The molecule has 0 bridgehead atoms. The summed E-state index contributed by atoms with van der Waals surface area (Å²) in [5, 5.41) is 4.04. The zero-order valence-electron chi connectivity index (χ0n) is 15.3. The molecule has 0 heterocycles. The molecule has 0 aliphatic carbocycles. The van der Waals surface area contributed by atoms with Crippen molar-refractivity contribution in [3.8, 4) is 11.5 Å². The number of halogens is 1. The van der Waals surface area contributed by atoms with Gasteiger partial charge in [0.05, 0.1) is 13.3 Å². The maximum Gasteiger partial charge on any atom is 0.271 e. The smallest absolute Gasteiger partial charge is 0.271 e. The summed E-state index contributed by atoms with van der Waals surface area (Å²) in [5.74, 6) is 0.985. The van der Waals surface area contributed by atoms with E-state index in [4.69, 9.17) is 9.47 Å². The van der Waals surface area contributed by atoms with E-state index >= 15 is 0 Å². The Bertz CT molecular complexity index is 975. The van der Waals surface area contributed by atoms with Gasteiger partial charge in [0, 0.05) is 9.13 Å². The first kappa shape index (κ1) is 19.9. The van der Waals surface area contributed by atoms with E-state index in [0.29, 0.717) is 23.7 Å². The van der Waals surface area contributed by atoms with Gasteiger partial charge in [0.15, 0.2) is 11.5 Å². The molecule has 0 unspecified atom stereocenters. The van der Waals surface area contributed by atoms with Gasteiger partial charge in [0.25, 0.3) is 5.91 Å². The van der Waals surface area contributed by atoms with Crippen LogP contribution < -0.4 is 14.9 Å². The van der Waals surface area contributed by atoms with Gasteiger partial charge in [-0.05, 0) is 70.1 Å². The van der Waals surface area contributed by atoms with Crippen molar-refractivity contribution in [2.75, 3.05) is 7.11 Å². The summed E-state index contributed by atoms with van der Waals surface area (Å²) in [6.45, 7) is 0.432. The first-order chi connectivity index (χ1) is 13.7. The normalized spacial score (nSPS) is 10.6. The van der Waals surface area contributed by atoms with Crippen molar-refractivity contribution in [2.24, 2.45) is 5.10 Å². The second-order valence-electron chi connectivity index (χ2n) is 5.89.